The zero-order valence-electron chi connectivity index (χ0n) is 21.6. The van der Waals surface area contributed by atoms with E-state index in [4.69, 9.17) is 25.1 Å². The van der Waals surface area contributed by atoms with Crippen molar-refractivity contribution in [3.05, 3.63) is 106 Å². The highest BCUT2D eigenvalue weighted by atomic mass is 16.5. The lowest BCUT2D eigenvalue weighted by Gasteiger charge is -2.31. The number of nitrogens with zero attached hydrogens (tertiary/aromatic N) is 4. The van der Waals surface area contributed by atoms with Crippen molar-refractivity contribution in [3.8, 4) is 5.75 Å². The number of rotatable bonds is 12. The Hall–Kier alpha value is -4.33. The number of hydrogen-bond donors (Lipinski definition) is 2. The summed E-state index contributed by atoms with van der Waals surface area (Å²) in [4.78, 5) is 22.1. The van der Waals surface area contributed by atoms with Crippen molar-refractivity contribution in [2.24, 2.45) is 16.0 Å². The van der Waals surface area contributed by atoms with Crippen molar-refractivity contribution in [1.82, 2.24) is 5.32 Å². The van der Waals surface area contributed by atoms with Crippen molar-refractivity contribution < 1.29 is 19.4 Å². The van der Waals surface area contributed by atoms with Crippen LogP contribution in [0.4, 0.5) is 5.69 Å². The molecule has 0 aromatic heterocycles. The van der Waals surface area contributed by atoms with Crippen LogP contribution in [0.2, 0.25) is 0 Å². The summed E-state index contributed by atoms with van der Waals surface area (Å²) in [6.45, 7) is 1.07. The Morgan fingerprint density at radius 1 is 1.10 bits per heavy atom. The second-order valence-corrected chi connectivity index (χ2v) is 9.85. The van der Waals surface area contributed by atoms with Gasteiger partial charge in [-0.15, -0.1) is 0 Å². The summed E-state index contributed by atoms with van der Waals surface area (Å²) in [5.41, 5.74) is 10.5. The Labute approximate surface area is 227 Å². The highest BCUT2D eigenvalue weighted by molar-refractivity contribution is 6.01. The monoisotopic (exact) mass is 525 g/mol. The molecule has 1 amide bonds. The van der Waals surface area contributed by atoms with Gasteiger partial charge in [0.25, 0.3) is 5.91 Å². The highest BCUT2D eigenvalue weighted by Crippen LogP contribution is 2.44. The summed E-state index contributed by atoms with van der Waals surface area (Å²) in [6.07, 6.45) is 2.24. The maximum Gasteiger partial charge on any atom is 0.252 e. The number of amides is 1. The van der Waals surface area contributed by atoms with Crippen LogP contribution in [0.1, 0.15) is 42.1 Å². The number of aliphatic hydroxyl groups is 1. The van der Waals surface area contributed by atoms with Crippen molar-refractivity contribution in [2.75, 3.05) is 19.8 Å². The molecule has 0 spiro atoms. The van der Waals surface area contributed by atoms with Crippen molar-refractivity contribution in [2.45, 2.75) is 37.3 Å². The average Bonchev–Trinajstić information content (AvgIpc) is 3.73. The third kappa shape index (κ3) is 6.06. The summed E-state index contributed by atoms with van der Waals surface area (Å²) in [5, 5.41) is 16.0. The fourth-order valence-electron chi connectivity index (χ4n) is 4.72. The number of aliphatic imine (C=N–C) groups is 1. The van der Waals surface area contributed by atoms with Gasteiger partial charge in [0.2, 0.25) is 5.90 Å². The van der Waals surface area contributed by atoms with Crippen LogP contribution >= 0.6 is 0 Å². The number of ether oxygens (including phenoxy) is 2. The largest absolute Gasteiger partial charge is 0.494 e. The number of carbonyl (C=O) groups excluding carboxylic acids is 1. The predicted octanol–water partition coefficient (Wildman–Crippen LogP) is 5.42. The Kier molecular flexibility index (Phi) is 8.10. The Balaban J connectivity index is 1.56. The van der Waals surface area contributed by atoms with Crippen molar-refractivity contribution in [3.63, 3.8) is 0 Å². The number of hydrogen-bond acceptors (Lipinski definition) is 6. The molecule has 200 valence electrons. The van der Waals surface area contributed by atoms with Crippen molar-refractivity contribution >= 4 is 17.5 Å². The maximum absolute atomic E-state index is 14.1. The molecule has 0 bridgehead atoms. The van der Waals surface area contributed by atoms with E-state index in [1.54, 1.807) is 12.1 Å². The van der Waals surface area contributed by atoms with Crippen LogP contribution < -0.4 is 10.1 Å². The van der Waals surface area contributed by atoms with Crippen LogP contribution in [0.25, 0.3) is 10.4 Å². The zero-order valence-corrected chi connectivity index (χ0v) is 21.6. The molecule has 0 saturated heterocycles. The van der Waals surface area contributed by atoms with E-state index in [0.29, 0.717) is 54.0 Å². The predicted molar refractivity (Wildman–Crippen MR) is 148 cm³/mol. The molecule has 0 unspecified atom stereocenters. The lowest BCUT2D eigenvalue weighted by Crippen LogP contribution is -2.50. The molecular formula is C30H31N5O4. The Bertz CT molecular complexity index is 1370. The minimum atomic E-state index is -1.33. The summed E-state index contributed by atoms with van der Waals surface area (Å²) in [7, 11) is 0. The molecule has 2 atom stereocenters. The smallest absolute Gasteiger partial charge is 0.252 e. The third-order valence-corrected chi connectivity index (χ3v) is 6.98. The van der Waals surface area contributed by atoms with Crippen molar-refractivity contribution in [1.29, 1.82) is 0 Å². The SMILES string of the molecule is [N-]=[N+]=Nc1ccccc1C[C@@]1(C(=O)NCC2CC2)N=C(c2ccc(OCCCO)cc2)O[C@@H]1c1ccccc1. The second kappa shape index (κ2) is 12.0. The molecule has 0 radical (unpaired) electrons. The number of carbonyl (C=O) groups is 1. The molecule has 1 heterocycles. The van der Waals surface area contributed by atoms with E-state index < -0.39 is 11.6 Å². The van der Waals surface area contributed by atoms with E-state index in [2.05, 4.69) is 15.3 Å². The fraction of sp³-hybridized carbons (Fsp3) is 0.333. The van der Waals surface area contributed by atoms with Gasteiger partial charge in [-0.05, 0) is 59.7 Å². The molecule has 5 rings (SSSR count). The Morgan fingerprint density at radius 2 is 1.85 bits per heavy atom. The molecule has 9 heteroatoms. The van der Waals surface area contributed by atoms with E-state index in [1.807, 2.05) is 66.7 Å². The van der Waals surface area contributed by atoms with E-state index in [0.717, 1.165) is 18.4 Å². The van der Waals surface area contributed by atoms with Gasteiger partial charge in [-0.2, -0.15) is 0 Å². The minimum Gasteiger partial charge on any atom is -0.494 e. The average molecular weight is 526 g/mol. The van der Waals surface area contributed by atoms with Gasteiger partial charge >= 0.3 is 0 Å². The summed E-state index contributed by atoms with van der Waals surface area (Å²) >= 11 is 0. The van der Waals surface area contributed by atoms with E-state index in [9.17, 15) is 4.79 Å². The van der Waals surface area contributed by atoms with Crippen LogP contribution in [0, 0.1) is 5.92 Å². The van der Waals surface area contributed by atoms with Crippen LogP contribution in [0.3, 0.4) is 0 Å². The van der Waals surface area contributed by atoms with Gasteiger partial charge in [0.05, 0.1) is 6.61 Å². The van der Waals surface area contributed by atoms with Crippen LogP contribution in [0.15, 0.2) is 89.0 Å². The molecule has 1 fully saturated rings. The molecule has 1 aliphatic carbocycles. The summed E-state index contributed by atoms with van der Waals surface area (Å²) < 4.78 is 12.2. The summed E-state index contributed by atoms with van der Waals surface area (Å²) in [5.74, 6) is 1.29. The van der Waals surface area contributed by atoms with Gasteiger partial charge in [0, 0.05) is 42.2 Å². The Morgan fingerprint density at radius 3 is 2.56 bits per heavy atom. The van der Waals surface area contributed by atoms with Gasteiger partial charge < -0.3 is 19.9 Å². The maximum atomic E-state index is 14.1. The zero-order chi connectivity index (χ0) is 27.1. The number of benzene rings is 3. The molecule has 1 aliphatic heterocycles. The lowest BCUT2D eigenvalue weighted by atomic mass is 9.81. The second-order valence-electron chi connectivity index (χ2n) is 9.85. The number of nitrogens with one attached hydrogen (secondary N) is 1. The first-order valence-electron chi connectivity index (χ1n) is 13.2. The molecule has 39 heavy (non-hydrogen) atoms. The lowest BCUT2D eigenvalue weighted by molar-refractivity contribution is -0.129. The van der Waals surface area contributed by atoms with Crippen LogP contribution in [0.5, 0.6) is 5.75 Å². The van der Waals surface area contributed by atoms with Gasteiger partial charge in [-0.3, -0.25) is 4.79 Å². The molecule has 1 saturated carbocycles. The van der Waals surface area contributed by atoms with Gasteiger partial charge in [0.15, 0.2) is 11.6 Å². The molecule has 9 nitrogen and oxygen atoms in total. The fourth-order valence-corrected chi connectivity index (χ4v) is 4.72. The highest BCUT2D eigenvalue weighted by Gasteiger charge is 2.53. The van der Waals surface area contributed by atoms with E-state index in [-0.39, 0.29) is 18.9 Å². The first-order chi connectivity index (χ1) is 19.1. The van der Waals surface area contributed by atoms with Crippen LogP contribution in [-0.2, 0) is 16.0 Å². The molecule has 3 aromatic rings. The number of aliphatic hydroxyl groups excluding tert-OH is 1. The van der Waals surface area contributed by atoms with E-state index in [1.165, 1.54) is 0 Å². The standard InChI is InChI=1S/C30H31N5O4/c31-35-34-26-10-5-4-9-24(26)19-30(29(37)32-20-21-11-12-21)27(22-7-2-1-3-8-22)39-28(33-30)23-13-15-25(16-14-23)38-18-6-17-36/h1-5,7-10,13-16,21,27,36H,6,11-12,17-20H2,(H,32,37)/t27-,30-/m1/s1. The molecular weight excluding hydrogens is 494 g/mol. The molecule has 2 aliphatic rings. The first-order valence-corrected chi connectivity index (χ1v) is 13.2. The summed E-state index contributed by atoms with van der Waals surface area (Å²) in [6, 6.07) is 24.2. The molecule has 3 aromatic carbocycles. The third-order valence-electron chi connectivity index (χ3n) is 6.98. The topological polar surface area (TPSA) is 129 Å². The normalized spacial score (nSPS) is 19.9. The van der Waals surface area contributed by atoms with Gasteiger partial charge in [0.1, 0.15) is 5.75 Å². The number of azide groups is 1. The van der Waals surface area contributed by atoms with E-state index >= 15 is 0 Å². The first kappa shape index (κ1) is 26.3. The van der Waals surface area contributed by atoms with Crippen LogP contribution in [-0.4, -0.2) is 42.2 Å². The quantitative estimate of drug-likeness (QED) is 0.142. The minimum absolute atomic E-state index is 0.0668. The van der Waals surface area contributed by atoms with Gasteiger partial charge in [-0.25, -0.2) is 4.99 Å². The molecule has 2 N–H and O–H groups in total. The van der Waals surface area contributed by atoms with Gasteiger partial charge in [-0.1, -0.05) is 59.7 Å².